The molecule has 3 aromatic rings. The highest BCUT2D eigenvalue weighted by molar-refractivity contribution is 6.00. The Morgan fingerprint density at radius 1 is 1.17 bits per heavy atom. The molecule has 9 heteroatoms. The second-order valence-corrected chi connectivity index (χ2v) is 7.03. The molecule has 0 saturated carbocycles. The maximum absolute atomic E-state index is 12.6. The van der Waals surface area contributed by atoms with Gasteiger partial charge in [-0.3, -0.25) is 9.59 Å². The van der Waals surface area contributed by atoms with Crippen LogP contribution in [-0.4, -0.2) is 44.6 Å². The number of aromatic nitrogens is 4. The van der Waals surface area contributed by atoms with Crippen LogP contribution in [0.4, 0.5) is 5.82 Å². The van der Waals surface area contributed by atoms with Crippen molar-refractivity contribution in [1.29, 1.82) is 0 Å². The summed E-state index contributed by atoms with van der Waals surface area (Å²) in [6.45, 7) is -0.00669. The third kappa shape index (κ3) is 3.20. The van der Waals surface area contributed by atoms with E-state index in [4.69, 9.17) is 4.74 Å². The van der Waals surface area contributed by atoms with E-state index in [9.17, 15) is 9.59 Å². The first kappa shape index (κ1) is 17.4. The molecule has 3 heterocycles. The lowest BCUT2D eigenvalue weighted by Crippen LogP contribution is -2.46. The van der Waals surface area contributed by atoms with Gasteiger partial charge in [-0.25, -0.2) is 4.98 Å². The summed E-state index contributed by atoms with van der Waals surface area (Å²) in [7, 11) is 0. The summed E-state index contributed by atoms with van der Waals surface area (Å²) in [4.78, 5) is 32.1. The molecule has 2 amide bonds. The molecule has 1 aliphatic heterocycles. The average Bonchev–Trinajstić information content (AvgIpc) is 3.35. The molecule has 1 unspecified atom stereocenters. The fraction of sp³-hybridized carbons (Fsp3) is 0.250. The molecule has 0 bridgehead atoms. The molecule has 146 valence electrons. The number of hydrogen-bond acceptors (Lipinski definition) is 6. The molecule has 2 aliphatic rings. The van der Waals surface area contributed by atoms with Crippen LogP contribution in [0.5, 0.6) is 5.75 Å². The highest BCUT2D eigenvalue weighted by Crippen LogP contribution is 2.36. The molecule has 0 fully saturated rings. The quantitative estimate of drug-likeness (QED) is 0.622. The number of amides is 2. The van der Waals surface area contributed by atoms with Crippen molar-refractivity contribution in [3.8, 4) is 5.75 Å². The summed E-state index contributed by atoms with van der Waals surface area (Å²) >= 11 is 0. The minimum atomic E-state index is -0.877. The normalized spacial score (nSPS) is 20.1. The first-order valence-corrected chi connectivity index (χ1v) is 9.39. The summed E-state index contributed by atoms with van der Waals surface area (Å²) in [6.07, 6.45) is 3.44. The Morgan fingerprint density at radius 2 is 2.07 bits per heavy atom. The van der Waals surface area contributed by atoms with E-state index >= 15 is 0 Å². The van der Waals surface area contributed by atoms with Gasteiger partial charge in [0.05, 0.1) is 0 Å². The van der Waals surface area contributed by atoms with Gasteiger partial charge in [0.1, 0.15) is 18.5 Å². The van der Waals surface area contributed by atoms with Crippen LogP contribution in [0.3, 0.4) is 0 Å². The topological polar surface area (TPSA) is 122 Å². The monoisotopic (exact) mass is 390 g/mol. The van der Waals surface area contributed by atoms with E-state index < -0.39 is 17.9 Å². The Balaban J connectivity index is 1.30. The highest BCUT2D eigenvalue weighted by Gasteiger charge is 2.30. The molecular weight excluding hydrogens is 372 g/mol. The number of pyridine rings is 1. The van der Waals surface area contributed by atoms with Gasteiger partial charge < -0.3 is 20.4 Å². The Labute approximate surface area is 165 Å². The number of nitrogens with zero attached hydrogens (tertiary/aromatic N) is 3. The van der Waals surface area contributed by atoms with E-state index in [1.165, 1.54) is 11.1 Å². The predicted molar refractivity (Wildman–Crippen MR) is 103 cm³/mol. The second kappa shape index (κ2) is 7.01. The van der Waals surface area contributed by atoms with E-state index in [0.29, 0.717) is 17.4 Å². The Morgan fingerprint density at radius 3 is 3.00 bits per heavy atom. The Bertz CT molecular complexity index is 1100. The van der Waals surface area contributed by atoms with Gasteiger partial charge >= 0.3 is 0 Å². The number of anilines is 1. The Hall–Kier alpha value is -3.75. The largest absolute Gasteiger partial charge is 0.487 e. The van der Waals surface area contributed by atoms with E-state index in [1.807, 2.05) is 12.1 Å². The van der Waals surface area contributed by atoms with Crippen molar-refractivity contribution in [2.45, 2.75) is 24.8 Å². The van der Waals surface area contributed by atoms with Crippen LogP contribution >= 0.6 is 0 Å². The smallest absolute Gasteiger partial charge is 0.289 e. The summed E-state index contributed by atoms with van der Waals surface area (Å²) in [5.74, 6) is 0.675. The number of aryl methyl sites for hydroxylation is 1. The molecule has 9 nitrogen and oxygen atoms in total. The lowest BCUT2D eigenvalue weighted by molar-refractivity contribution is -0.118. The van der Waals surface area contributed by atoms with Crippen molar-refractivity contribution < 1.29 is 14.3 Å². The summed E-state index contributed by atoms with van der Waals surface area (Å²) in [5, 5.41) is 13.5. The molecule has 3 N–H and O–H groups in total. The van der Waals surface area contributed by atoms with Crippen molar-refractivity contribution in [1.82, 2.24) is 25.5 Å². The second-order valence-electron chi connectivity index (χ2n) is 7.03. The molecule has 1 aliphatic carbocycles. The van der Waals surface area contributed by atoms with Crippen molar-refractivity contribution in [3.05, 3.63) is 65.4 Å². The number of rotatable bonds is 3. The van der Waals surface area contributed by atoms with Gasteiger partial charge in [-0.2, -0.15) is 0 Å². The SMILES string of the molecule is O=C(NC1COc2cccnc2NC1=O)c1nnc([C@@H]2CCc3ccccc32)[nH]1. The van der Waals surface area contributed by atoms with E-state index in [0.717, 1.165) is 12.8 Å². The fourth-order valence-electron chi connectivity index (χ4n) is 3.76. The van der Waals surface area contributed by atoms with Crippen LogP contribution in [0.1, 0.15) is 39.9 Å². The van der Waals surface area contributed by atoms with Crippen LogP contribution in [0.2, 0.25) is 0 Å². The first-order chi connectivity index (χ1) is 14.2. The number of hydrogen-bond donors (Lipinski definition) is 3. The highest BCUT2D eigenvalue weighted by atomic mass is 16.5. The zero-order chi connectivity index (χ0) is 19.8. The number of nitrogens with one attached hydrogen (secondary N) is 3. The van der Waals surface area contributed by atoms with Crippen molar-refractivity contribution in [3.63, 3.8) is 0 Å². The summed E-state index contributed by atoms with van der Waals surface area (Å²) in [5.41, 5.74) is 2.50. The molecular formula is C20H18N6O3. The summed E-state index contributed by atoms with van der Waals surface area (Å²) in [6, 6.07) is 10.7. The minimum Gasteiger partial charge on any atom is -0.487 e. The third-order valence-electron chi connectivity index (χ3n) is 5.22. The number of H-pyrrole nitrogens is 1. The maximum Gasteiger partial charge on any atom is 0.289 e. The van der Waals surface area contributed by atoms with Gasteiger partial charge in [-0.05, 0) is 36.1 Å². The van der Waals surface area contributed by atoms with Crippen LogP contribution < -0.4 is 15.4 Å². The number of aromatic amines is 1. The number of benzene rings is 1. The maximum atomic E-state index is 12.6. The molecule has 0 spiro atoms. The van der Waals surface area contributed by atoms with Crippen molar-refractivity contribution in [2.75, 3.05) is 11.9 Å². The molecule has 29 heavy (non-hydrogen) atoms. The minimum absolute atomic E-state index is 0.00669. The lowest BCUT2D eigenvalue weighted by atomic mass is 10.0. The number of carbonyl (C=O) groups excluding carboxylic acids is 2. The molecule has 5 rings (SSSR count). The lowest BCUT2D eigenvalue weighted by Gasteiger charge is -2.13. The number of fused-ring (bicyclic) bond motifs is 2. The van der Waals surface area contributed by atoms with Crippen LogP contribution in [0.15, 0.2) is 42.6 Å². The molecule has 0 saturated heterocycles. The predicted octanol–water partition coefficient (Wildman–Crippen LogP) is 1.41. The molecule has 1 aromatic carbocycles. The third-order valence-corrected chi connectivity index (χ3v) is 5.22. The zero-order valence-corrected chi connectivity index (χ0v) is 15.4. The zero-order valence-electron chi connectivity index (χ0n) is 15.4. The van der Waals surface area contributed by atoms with Gasteiger partial charge in [0, 0.05) is 12.1 Å². The standard InChI is InChI=1S/C20H18N6O3/c27-19-14(10-29-15-6-3-9-21-17(15)24-19)22-20(28)18-23-16(25-26-18)13-8-7-11-4-1-2-5-12(11)13/h1-6,9,13-14H,7-8,10H2,(H,22,28)(H,21,24,27)(H,23,25,26)/t13-,14?/m1/s1. The first-order valence-electron chi connectivity index (χ1n) is 9.39. The average molecular weight is 390 g/mol. The van der Waals surface area contributed by atoms with Crippen molar-refractivity contribution >= 4 is 17.6 Å². The van der Waals surface area contributed by atoms with Gasteiger partial charge in [-0.1, -0.05) is 24.3 Å². The van der Waals surface area contributed by atoms with E-state index in [2.05, 4.69) is 42.9 Å². The van der Waals surface area contributed by atoms with Gasteiger partial charge in [0.2, 0.25) is 5.82 Å². The molecule has 2 atom stereocenters. The number of carbonyl (C=O) groups is 2. The van der Waals surface area contributed by atoms with Gasteiger partial charge in [-0.15, -0.1) is 10.2 Å². The van der Waals surface area contributed by atoms with Crippen LogP contribution in [0, 0.1) is 0 Å². The molecule has 2 aromatic heterocycles. The number of ether oxygens (including phenoxy) is 1. The van der Waals surface area contributed by atoms with Crippen molar-refractivity contribution in [2.24, 2.45) is 0 Å². The summed E-state index contributed by atoms with van der Waals surface area (Å²) < 4.78 is 5.59. The molecule has 0 radical (unpaired) electrons. The van der Waals surface area contributed by atoms with Gasteiger partial charge in [0.25, 0.3) is 11.8 Å². The van der Waals surface area contributed by atoms with Crippen LogP contribution in [-0.2, 0) is 11.2 Å². The van der Waals surface area contributed by atoms with Crippen LogP contribution in [0.25, 0.3) is 0 Å². The fourth-order valence-corrected chi connectivity index (χ4v) is 3.76. The van der Waals surface area contributed by atoms with E-state index in [-0.39, 0.29) is 18.3 Å². The Kier molecular flexibility index (Phi) is 4.19. The van der Waals surface area contributed by atoms with Gasteiger partial charge in [0.15, 0.2) is 11.6 Å². The van der Waals surface area contributed by atoms with E-state index in [1.54, 1.807) is 18.3 Å².